The highest BCUT2D eigenvalue weighted by atomic mass is 15.3. The lowest BCUT2D eigenvalue weighted by Crippen LogP contribution is -2.38. The lowest BCUT2D eigenvalue weighted by atomic mass is 10.0. The summed E-state index contributed by atoms with van der Waals surface area (Å²) in [5.41, 5.74) is 13.5. The van der Waals surface area contributed by atoms with Crippen molar-refractivity contribution in [2.45, 2.75) is 32.4 Å². The van der Waals surface area contributed by atoms with Crippen molar-refractivity contribution in [1.82, 2.24) is 44.2 Å². The molecule has 6 aromatic rings. The SMILES string of the molecule is Cc1nn(C)cc1-c1ccc2nc(-c3cccnc3N)n(-c3ccc(CN4CCC(Nc5ccnc(C#N)n5)CC4)cc3)c2n1. The average molecular weight is 597 g/mol. The molecule has 12 heteroatoms. The molecule has 0 atom stereocenters. The van der Waals surface area contributed by atoms with Gasteiger partial charge in [-0.1, -0.05) is 12.1 Å². The normalized spacial score (nSPS) is 14.1. The van der Waals surface area contributed by atoms with Crippen molar-refractivity contribution in [3.8, 4) is 34.4 Å². The maximum Gasteiger partial charge on any atom is 0.234 e. The monoisotopic (exact) mass is 596 g/mol. The van der Waals surface area contributed by atoms with E-state index in [-0.39, 0.29) is 5.82 Å². The van der Waals surface area contributed by atoms with Gasteiger partial charge in [0.1, 0.15) is 23.2 Å². The first kappa shape index (κ1) is 28.1. The van der Waals surface area contributed by atoms with Crippen LogP contribution in [0.4, 0.5) is 11.6 Å². The minimum absolute atomic E-state index is 0.181. The summed E-state index contributed by atoms with van der Waals surface area (Å²) in [6, 6.07) is 20.5. The minimum Gasteiger partial charge on any atom is -0.383 e. The Morgan fingerprint density at radius 1 is 0.956 bits per heavy atom. The second-order valence-corrected chi connectivity index (χ2v) is 11.3. The Hall–Kier alpha value is -5.67. The maximum absolute atomic E-state index is 9.07. The fourth-order valence-electron chi connectivity index (χ4n) is 5.94. The lowest BCUT2D eigenvalue weighted by molar-refractivity contribution is 0.211. The molecule has 1 saturated heterocycles. The smallest absolute Gasteiger partial charge is 0.234 e. The molecule has 45 heavy (non-hydrogen) atoms. The van der Waals surface area contributed by atoms with Gasteiger partial charge in [-0.15, -0.1) is 0 Å². The van der Waals surface area contributed by atoms with Gasteiger partial charge >= 0.3 is 0 Å². The Balaban J connectivity index is 1.14. The summed E-state index contributed by atoms with van der Waals surface area (Å²) in [4.78, 5) is 25.0. The molecule has 0 amide bonds. The van der Waals surface area contributed by atoms with Crippen LogP contribution in [0.2, 0.25) is 0 Å². The number of rotatable bonds is 7. The van der Waals surface area contributed by atoms with E-state index in [2.05, 4.69) is 59.1 Å². The summed E-state index contributed by atoms with van der Waals surface area (Å²) in [7, 11) is 1.91. The molecule has 1 aromatic carbocycles. The van der Waals surface area contributed by atoms with Crippen LogP contribution in [0.3, 0.4) is 0 Å². The zero-order valence-electron chi connectivity index (χ0n) is 25.1. The van der Waals surface area contributed by atoms with Crippen molar-refractivity contribution < 1.29 is 0 Å². The van der Waals surface area contributed by atoms with E-state index < -0.39 is 0 Å². The van der Waals surface area contributed by atoms with Gasteiger partial charge in [0, 0.05) is 62.6 Å². The van der Waals surface area contributed by atoms with Gasteiger partial charge in [0.05, 0.1) is 17.0 Å². The first-order chi connectivity index (χ1) is 21.9. The fourth-order valence-corrected chi connectivity index (χ4v) is 5.94. The van der Waals surface area contributed by atoms with E-state index in [0.29, 0.717) is 23.5 Å². The number of fused-ring (bicyclic) bond motifs is 1. The molecule has 0 saturated carbocycles. The molecule has 3 N–H and O–H groups in total. The zero-order valence-corrected chi connectivity index (χ0v) is 25.1. The topological polar surface area (TPSA) is 152 Å². The van der Waals surface area contributed by atoms with Crippen LogP contribution < -0.4 is 11.1 Å². The number of hydrogen-bond donors (Lipinski definition) is 2. The summed E-state index contributed by atoms with van der Waals surface area (Å²) >= 11 is 0. The van der Waals surface area contributed by atoms with Crippen LogP contribution in [0.15, 0.2) is 73.2 Å². The summed E-state index contributed by atoms with van der Waals surface area (Å²) in [5, 5.41) is 17.0. The number of imidazole rings is 1. The van der Waals surface area contributed by atoms with Crippen LogP contribution in [0.1, 0.15) is 29.9 Å². The third kappa shape index (κ3) is 5.69. The van der Waals surface area contributed by atoms with Crippen molar-refractivity contribution in [1.29, 1.82) is 5.26 Å². The quantitative estimate of drug-likeness (QED) is 0.269. The highest BCUT2D eigenvalue weighted by Crippen LogP contribution is 2.32. The molecule has 0 radical (unpaired) electrons. The lowest BCUT2D eigenvalue weighted by Gasteiger charge is -2.32. The number of nitriles is 1. The van der Waals surface area contributed by atoms with Crippen LogP contribution in [0, 0.1) is 18.3 Å². The van der Waals surface area contributed by atoms with Gasteiger partial charge < -0.3 is 11.1 Å². The van der Waals surface area contributed by atoms with E-state index in [9.17, 15) is 0 Å². The highest BCUT2D eigenvalue weighted by molar-refractivity contribution is 5.84. The number of piperidine rings is 1. The standard InChI is InChI=1S/C33H32N12/c1-21-26(20-43(2)42-21)27-9-10-28-33(39-27)45(32(40-28)25-4-3-14-37-31(25)35)24-7-5-22(6-8-24)19-44-16-12-23(13-17-44)38-29-11-15-36-30(18-34)41-29/h3-11,14-15,20,23H,12-13,16-17,19H2,1-2H3,(H2,35,37)(H,36,38,41). The van der Waals surface area contributed by atoms with Crippen LogP contribution >= 0.6 is 0 Å². The number of hydrogen-bond acceptors (Lipinski definition) is 10. The highest BCUT2D eigenvalue weighted by Gasteiger charge is 2.22. The molecule has 0 aliphatic carbocycles. The molecule has 1 aliphatic rings. The Bertz CT molecular complexity index is 2030. The number of aromatic nitrogens is 8. The summed E-state index contributed by atoms with van der Waals surface area (Å²) < 4.78 is 3.86. The Kier molecular flexibility index (Phi) is 7.36. The molecular formula is C33H32N12. The third-order valence-electron chi connectivity index (χ3n) is 8.17. The van der Waals surface area contributed by atoms with E-state index in [0.717, 1.165) is 71.8 Å². The molecule has 0 spiro atoms. The van der Waals surface area contributed by atoms with Crippen LogP contribution in [0.5, 0.6) is 0 Å². The van der Waals surface area contributed by atoms with Crippen molar-refractivity contribution in [3.63, 3.8) is 0 Å². The maximum atomic E-state index is 9.07. The number of nitrogen functional groups attached to an aromatic ring is 1. The molecule has 1 fully saturated rings. The number of likely N-dealkylation sites (tertiary alicyclic amines) is 1. The van der Waals surface area contributed by atoms with E-state index in [4.69, 9.17) is 21.0 Å². The van der Waals surface area contributed by atoms with Crippen molar-refractivity contribution >= 4 is 22.8 Å². The molecule has 12 nitrogen and oxygen atoms in total. The van der Waals surface area contributed by atoms with E-state index >= 15 is 0 Å². The zero-order chi connectivity index (χ0) is 30.9. The van der Waals surface area contributed by atoms with Crippen LogP contribution in [0.25, 0.3) is 39.5 Å². The predicted molar refractivity (Wildman–Crippen MR) is 172 cm³/mol. The number of benzene rings is 1. The summed E-state index contributed by atoms with van der Waals surface area (Å²) in [6.45, 7) is 4.77. The first-order valence-corrected chi connectivity index (χ1v) is 14.9. The molecule has 1 aliphatic heterocycles. The molecule has 224 valence electrons. The second-order valence-electron chi connectivity index (χ2n) is 11.3. The molecule has 5 aromatic heterocycles. The molecule has 7 rings (SSSR count). The fraction of sp³-hybridized carbons (Fsp3) is 0.242. The second kappa shape index (κ2) is 11.8. The molecule has 0 bridgehead atoms. The number of nitrogens with zero attached hydrogens (tertiary/aromatic N) is 10. The van der Waals surface area contributed by atoms with Crippen molar-refractivity contribution in [2.75, 3.05) is 24.1 Å². The molecule has 6 heterocycles. The van der Waals surface area contributed by atoms with Gasteiger partial charge in [0.15, 0.2) is 11.5 Å². The van der Waals surface area contributed by atoms with Crippen molar-refractivity contribution in [3.05, 3.63) is 90.3 Å². The predicted octanol–water partition coefficient (Wildman–Crippen LogP) is 4.51. The van der Waals surface area contributed by atoms with Gasteiger partial charge in [0.2, 0.25) is 5.82 Å². The van der Waals surface area contributed by atoms with Gasteiger partial charge in [-0.2, -0.15) is 10.4 Å². The first-order valence-electron chi connectivity index (χ1n) is 14.9. The van der Waals surface area contributed by atoms with Gasteiger partial charge in [-0.3, -0.25) is 14.1 Å². The van der Waals surface area contributed by atoms with Gasteiger partial charge in [-0.05, 0) is 67.8 Å². The minimum atomic E-state index is 0.181. The van der Waals surface area contributed by atoms with Crippen molar-refractivity contribution in [2.24, 2.45) is 7.05 Å². The Labute approximate surface area is 260 Å². The summed E-state index contributed by atoms with van der Waals surface area (Å²) in [6.07, 6.45) is 7.27. The number of aryl methyl sites for hydroxylation is 2. The number of pyridine rings is 2. The largest absolute Gasteiger partial charge is 0.383 e. The van der Waals surface area contributed by atoms with E-state index in [1.54, 1.807) is 17.1 Å². The van der Waals surface area contributed by atoms with Crippen LogP contribution in [-0.2, 0) is 13.6 Å². The third-order valence-corrected chi connectivity index (χ3v) is 8.17. The van der Waals surface area contributed by atoms with Gasteiger partial charge in [0.25, 0.3) is 0 Å². The number of anilines is 2. The summed E-state index contributed by atoms with van der Waals surface area (Å²) in [5.74, 6) is 1.99. The Morgan fingerprint density at radius 3 is 2.51 bits per heavy atom. The van der Waals surface area contributed by atoms with Crippen LogP contribution in [-0.4, -0.2) is 63.3 Å². The van der Waals surface area contributed by atoms with Gasteiger partial charge in [-0.25, -0.2) is 24.9 Å². The van der Waals surface area contributed by atoms with E-state index in [1.807, 2.05) is 56.6 Å². The Morgan fingerprint density at radius 2 is 1.78 bits per heavy atom. The number of nitrogens with two attached hydrogens (primary N) is 1. The average Bonchev–Trinajstić information content (AvgIpc) is 3.61. The molecular weight excluding hydrogens is 564 g/mol. The molecule has 0 unspecified atom stereocenters. The van der Waals surface area contributed by atoms with E-state index in [1.165, 1.54) is 5.56 Å². The number of nitrogens with one attached hydrogen (secondary N) is 1.